The molecule has 6 aromatic heterocycles. The van der Waals surface area contributed by atoms with Crippen LogP contribution in [0.4, 0.5) is 39.9 Å². The van der Waals surface area contributed by atoms with Crippen LogP contribution in [0.15, 0.2) is 36.9 Å². The van der Waals surface area contributed by atoms with E-state index >= 15 is 8.78 Å². The molecule has 0 radical (unpaired) electrons. The molecule has 2 fully saturated rings. The number of carbonyl (C=O) groups is 1. The summed E-state index contributed by atoms with van der Waals surface area (Å²) in [6.45, 7) is 8.26. The number of halogens is 10. The highest BCUT2D eigenvalue weighted by atomic mass is 35.5. The van der Waals surface area contributed by atoms with E-state index in [4.69, 9.17) is 37.4 Å². The van der Waals surface area contributed by atoms with Crippen LogP contribution in [0.5, 0.6) is 11.8 Å². The Morgan fingerprint density at radius 2 is 1.15 bits per heavy atom. The van der Waals surface area contributed by atoms with E-state index in [0.29, 0.717) is 22.0 Å². The molecule has 0 spiro atoms. The molecule has 0 amide bonds. The number of aromatic nitrogens is 8. The molecule has 2 saturated carbocycles. The third-order valence-corrected chi connectivity index (χ3v) is 11.6. The van der Waals surface area contributed by atoms with Crippen molar-refractivity contribution in [2.24, 2.45) is 11.8 Å². The Morgan fingerprint density at radius 1 is 0.692 bits per heavy atom. The lowest BCUT2D eigenvalue weighted by molar-refractivity contribution is -0.186. The number of carbonyl (C=O) groups excluding carboxylic acids is 1. The smallest absolute Gasteiger partial charge is 0.419 e. The normalized spacial score (nSPS) is 19.5. The van der Waals surface area contributed by atoms with Gasteiger partial charge in [0.25, 0.3) is 11.8 Å². The van der Waals surface area contributed by atoms with Crippen molar-refractivity contribution >= 4 is 51.1 Å². The molecule has 12 nitrogen and oxygen atoms in total. The molecule has 0 aromatic carbocycles. The zero-order valence-electron chi connectivity index (χ0n) is 35.5. The summed E-state index contributed by atoms with van der Waals surface area (Å²) in [5, 5.41) is 1.01. The molecule has 8 rings (SSSR count). The summed E-state index contributed by atoms with van der Waals surface area (Å²) in [6.07, 6.45) is -4.14. The van der Waals surface area contributed by atoms with E-state index in [1.54, 1.807) is 40.0 Å². The minimum Gasteiger partial charge on any atom is -0.472 e. The molecule has 22 heteroatoms. The first-order chi connectivity index (χ1) is 30.5. The highest BCUT2D eigenvalue weighted by Gasteiger charge is 2.43. The predicted molar refractivity (Wildman–Crippen MR) is 224 cm³/mol. The number of rotatable bonds is 6. The van der Waals surface area contributed by atoms with Crippen LogP contribution in [0.25, 0.3) is 44.3 Å². The average Bonchev–Trinajstić information content (AvgIpc) is 3.84. The summed E-state index contributed by atoms with van der Waals surface area (Å²) in [6, 6.07) is 3.24. The summed E-state index contributed by atoms with van der Waals surface area (Å²) in [5.74, 6) is -4.62. The molecule has 0 unspecified atom stereocenters. The number of hydrogen-bond acceptors (Lipinski definition) is 10. The van der Waals surface area contributed by atoms with Crippen LogP contribution >= 0.6 is 23.2 Å². The zero-order valence-corrected chi connectivity index (χ0v) is 37.0. The SMILES string of the molecule is Cc1nc(OC2CCC(C(F)(F)F)CC2)c(F)c(-c2c[nH]c3ccnc(Cl)c23)n1.Cc1nc(OC2CCC(C(F)(F)F)CC2)c(F)c(-c2cn(C(=O)OC(C)(C)C)c3ccnc(Cl)c23)n1. The van der Waals surface area contributed by atoms with E-state index in [9.17, 15) is 31.1 Å². The van der Waals surface area contributed by atoms with Crippen molar-refractivity contribution < 1.29 is 54.1 Å². The first-order valence-corrected chi connectivity index (χ1v) is 21.3. The minimum absolute atomic E-state index is 0.00220. The zero-order chi connectivity index (χ0) is 47.2. The van der Waals surface area contributed by atoms with Gasteiger partial charge in [0.2, 0.25) is 11.6 Å². The second kappa shape index (κ2) is 18.5. The topological polar surface area (TPSA) is 143 Å². The minimum atomic E-state index is -4.26. The summed E-state index contributed by atoms with van der Waals surface area (Å²) in [4.78, 5) is 40.4. The van der Waals surface area contributed by atoms with Gasteiger partial charge in [-0.1, -0.05) is 23.2 Å². The number of hydrogen-bond donors (Lipinski definition) is 1. The number of H-pyrrole nitrogens is 1. The van der Waals surface area contributed by atoms with Crippen LogP contribution in [-0.4, -0.2) is 75.7 Å². The number of pyridine rings is 2. The summed E-state index contributed by atoms with van der Waals surface area (Å²) in [7, 11) is 0. The van der Waals surface area contributed by atoms with Gasteiger partial charge in [-0.15, -0.1) is 0 Å². The van der Waals surface area contributed by atoms with Crippen molar-refractivity contribution in [2.75, 3.05) is 0 Å². The largest absolute Gasteiger partial charge is 0.472 e. The van der Waals surface area contributed by atoms with E-state index in [0.717, 1.165) is 0 Å². The van der Waals surface area contributed by atoms with Crippen molar-refractivity contribution in [2.45, 2.75) is 116 Å². The van der Waals surface area contributed by atoms with Crippen LogP contribution in [0.2, 0.25) is 10.3 Å². The monoisotopic (exact) mass is 956 g/mol. The molecular weight excluding hydrogens is 915 g/mol. The van der Waals surface area contributed by atoms with Crippen molar-refractivity contribution in [3.8, 4) is 34.3 Å². The summed E-state index contributed by atoms with van der Waals surface area (Å²) >= 11 is 12.5. The number of alkyl halides is 6. The Kier molecular flexibility index (Phi) is 13.5. The van der Waals surface area contributed by atoms with Crippen LogP contribution in [0.3, 0.4) is 0 Å². The Balaban J connectivity index is 0.000000198. The van der Waals surface area contributed by atoms with Crippen molar-refractivity contribution in [3.05, 3.63) is 70.5 Å². The van der Waals surface area contributed by atoms with Gasteiger partial charge >= 0.3 is 18.4 Å². The van der Waals surface area contributed by atoms with E-state index in [-0.39, 0.29) is 107 Å². The van der Waals surface area contributed by atoms with Crippen LogP contribution in [0.1, 0.15) is 83.8 Å². The lowest BCUT2D eigenvalue weighted by atomic mass is 9.87. The second-order valence-electron chi connectivity index (χ2n) is 16.9. The number of nitrogens with zero attached hydrogens (tertiary/aromatic N) is 7. The van der Waals surface area contributed by atoms with Crippen molar-refractivity contribution in [1.82, 2.24) is 39.5 Å². The molecule has 0 atom stereocenters. The highest BCUT2D eigenvalue weighted by Crippen LogP contribution is 2.42. The van der Waals surface area contributed by atoms with Crippen LogP contribution in [-0.2, 0) is 4.74 Å². The number of fused-ring (bicyclic) bond motifs is 2. The molecule has 1 N–H and O–H groups in total. The predicted octanol–water partition coefficient (Wildman–Crippen LogP) is 12.5. The Bertz CT molecular complexity index is 2710. The second-order valence-corrected chi connectivity index (χ2v) is 17.6. The quantitative estimate of drug-likeness (QED) is 0.127. The van der Waals surface area contributed by atoms with E-state index in [2.05, 4.69) is 34.9 Å². The number of ether oxygens (including phenoxy) is 3. The molecule has 0 aliphatic heterocycles. The van der Waals surface area contributed by atoms with Gasteiger partial charge in [0.1, 0.15) is 51.2 Å². The molecule has 348 valence electrons. The third-order valence-electron chi connectivity index (χ3n) is 11.0. The van der Waals surface area contributed by atoms with Crippen molar-refractivity contribution in [3.63, 3.8) is 0 Å². The van der Waals surface area contributed by atoms with E-state index in [1.165, 1.54) is 36.1 Å². The van der Waals surface area contributed by atoms with Crippen LogP contribution in [0, 0.1) is 37.3 Å². The lowest BCUT2D eigenvalue weighted by Gasteiger charge is -2.30. The summed E-state index contributed by atoms with van der Waals surface area (Å²) < 4.78 is 126. The van der Waals surface area contributed by atoms with Gasteiger partial charge in [0.05, 0.1) is 22.9 Å². The molecular formula is C43H42Cl2F8N8O4. The standard InChI is InChI=1S/C24H25ClF4N4O3.C19H17ClF4N4O/c1-12-31-19(18(26)21(32-12)35-14-7-5-13(6-8-14)24(27,28)29)15-11-33(22(34)36-23(2,3)4)16-9-10-30-20(25)17(15)16;1-9-27-16(12-8-26-13-6-7-25-17(20)14(12)13)15(21)18(28-9)29-11-4-2-10(3-5-11)19(22,23)24/h9-11,13-14H,5-8H2,1-4H3;6-8,10-11,26H,2-5H2,1H3. The maximum Gasteiger partial charge on any atom is 0.419 e. The Morgan fingerprint density at radius 3 is 1.63 bits per heavy atom. The first-order valence-electron chi connectivity index (χ1n) is 20.5. The molecule has 65 heavy (non-hydrogen) atoms. The van der Waals surface area contributed by atoms with Gasteiger partial charge in [-0.25, -0.2) is 24.7 Å². The Hall–Kier alpha value is -5.37. The molecule has 2 aliphatic carbocycles. The van der Waals surface area contributed by atoms with Gasteiger partial charge in [0, 0.05) is 46.7 Å². The average molecular weight is 958 g/mol. The summed E-state index contributed by atoms with van der Waals surface area (Å²) in [5.41, 5.74) is 0.621. The maximum absolute atomic E-state index is 15.7. The third kappa shape index (κ3) is 10.7. The Labute approximate surface area is 376 Å². The molecule has 0 bridgehead atoms. The van der Waals surface area contributed by atoms with Gasteiger partial charge in [-0.05, 0) is 98.1 Å². The van der Waals surface area contributed by atoms with E-state index < -0.39 is 59.7 Å². The number of aryl methyl sites for hydroxylation is 2. The lowest BCUT2D eigenvalue weighted by Crippen LogP contribution is -2.32. The van der Waals surface area contributed by atoms with Crippen LogP contribution < -0.4 is 9.47 Å². The number of aromatic amines is 1. The fourth-order valence-electron chi connectivity index (χ4n) is 7.91. The molecule has 6 heterocycles. The van der Waals surface area contributed by atoms with Gasteiger partial charge < -0.3 is 19.2 Å². The van der Waals surface area contributed by atoms with Gasteiger partial charge in [-0.2, -0.15) is 45.1 Å². The molecule has 6 aromatic rings. The van der Waals surface area contributed by atoms with Gasteiger partial charge in [0.15, 0.2) is 0 Å². The van der Waals surface area contributed by atoms with E-state index in [1.807, 2.05) is 0 Å². The maximum atomic E-state index is 15.7. The first kappa shape index (κ1) is 47.6. The fraction of sp³-hybridized carbons (Fsp3) is 0.465. The highest BCUT2D eigenvalue weighted by molar-refractivity contribution is 6.36. The number of nitrogens with one attached hydrogen (secondary N) is 1. The molecule has 2 aliphatic rings. The van der Waals surface area contributed by atoms with Crippen molar-refractivity contribution in [1.29, 1.82) is 0 Å². The fourth-order valence-corrected chi connectivity index (χ4v) is 8.43. The molecule has 0 saturated heterocycles. The van der Waals surface area contributed by atoms with Gasteiger partial charge in [-0.3, -0.25) is 4.57 Å².